The maximum atomic E-state index is 11.6. The Kier molecular flexibility index (Phi) is 5.60. The monoisotopic (exact) mass is 360 g/mol. The molecule has 26 heavy (non-hydrogen) atoms. The summed E-state index contributed by atoms with van der Waals surface area (Å²) in [4.78, 5) is 13.8. The summed E-state index contributed by atoms with van der Waals surface area (Å²) >= 11 is 0. The van der Waals surface area contributed by atoms with Crippen LogP contribution in [0, 0.1) is 0 Å². The van der Waals surface area contributed by atoms with Crippen LogP contribution in [0.3, 0.4) is 0 Å². The van der Waals surface area contributed by atoms with Crippen LogP contribution in [0.2, 0.25) is 0 Å². The molecule has 0 unspecified atom stereocenters. The van der Waals surface area contributed by atoms with E-state index in [0.29, 0.717) is 18.1 Å². The number of piperidine rings is 1. The molecule has 1 amide bonds. The van der Waals surface area contributed by atoms with E-state index in [9.17, 15) is 4.79 Å². The SMILES string of the molecule is CCOC(=O)NC1CCN(c2nncc3cc(OC)c(OC)cc23)CC1. The van der Waals surface area contributed by atoms with Crippen molar-refractivity contribution in [2.45, 2.75) is 25.8 Å². The molecule has 8 heteroatoms. The first-order chi connectivity index (χ1) is 12.7. The Balaban J connectivity index is 1.78. The fourth-order valence-corrected chi connectivity index (χ4v) is 3.20. The molecule has 1 aromatic heterocycles. The average Bonchev–Trinajstić information content (AvgIpc) is 2.67. The summed E-state index contributed by atoms with van der Waals surface area (Å²) in [5.74, 6) is 2.14. The molecular formula is C18H24N4O4. The number of aromatic nitrogens is 2. The van der Waals surface area contributed by atoms with Crippen molar-refractivity contribution in [2.24, 2.45) is 0 Å². The highest BCUT2D eigenvalue weighted by Gasteiger charge is 2.24. The summed E-state index contributed by atoms with van der Waals surface area (Å²) in [5, 5.41) is 13.3. The third kappa shape index (κ3) is 3.74. The average molecular weight is 360 g/mol. The van der Waals surface area contributed by atoms with Crippen molar-refractivity contribution < 1.29 is 19.0 Å². The molecule has 1 aromatic carbocycles. The van der Waals surface area contributed by atoms with E-state index in [1.807, 2.05) is 12.1 Å². The van der Waals surface area contributed by atoms with Gasteiger partial charge in [0, 0.05) is 29.9 Å². The van der Waals surface area contributed by atoms with E-state index in [0.717, 1.165) is 42.5 Å². The van der Waals surface area contributed by atoms with Gasteiger partial charge >= 0.3 is 6.09 Å². The van der Waals surface area contributed by atoms with E-state index in [4.69, 9.17) is 14.2 Å². The largest absolute Gasteiger partial charge is 0.493 e. The number of carbonyl (C=O) groups excluding carboxylic acids is 1. The molecule has 0 saturated carbocycles. The van der Waals surface area contributed by atoms with Crippen LogP contribution in [0.4, 0.5) is 10.6 Å². The lowest BCUT2D eigenvalue weighted by atomic mass is 10.0. The van der Waals surface area contributed by atoms with Gasteiger partial charge in [-0.2, -0.15) is 5.10 Å². The number of fused-ring (bicyclic) bond motifs is 1. The predicted octanol–water partition coefficient (Wildman–Crippen LogP) is 2.36. The Labute approximate surface area is 152 Å². The molecule has 0 radical (unpaired) electrons. The van der Waals surface area contributed by atoms with E-state index < -0.39 is 0 Å². The van der Waals surface area contributed by atoms with Crippen LogP contribution in [0.15, 0.2) is 18.3 Å². The summed E-state index contributed by atoms with van der Waals surface area (Å²) in [6.07, 6.45) is 3.01. The second-order valence-electron chi connectivity index (χ2n) is 6.09. The molecule has 140 valence electrons. The summed E-state index contributed by atoms with van der Waals surface area (Å²) in [6, 6.07) is 3.95. The number of amides is 1. The van der Waals surface area contributed by atoms with Gasteiger partial charge in [0.15, 0.2) is 17.3 Å². The van der Waals surface area contributed by atoms with Gasteiger partial charge in [-0.05, 0) is 31.9 Å². The van der Waals surface area contributed by atoms with Crippen molar-refractivity contribution in [1.82, 2.24) is 15.5 Å². The zero-order valence-corrected chi connectivity index (χ0v) is 15.3. The number of hydrogen-bond donors (Lipinski definition) is 1. The summed E-state index contributed by atoms with van der Waals surface area (Å²) in [6.45, 7) is 3.73. The van der Waals surface area contributed by atoms with E-state index in [1.165, 1.54) is 0 Å². The molecule has 0 spiro atoms. The fraction of sp³-hybridized carbons (Fsp3) is 0.500. The Bertz CT molecular complexity index is 775. The first-order valence-corrected chi connectivity index (χ1v) is 8.72. The van der Waals surface area contributed by atoms with Gasteiger partial charge in [-0.15, -0.1) is 5.10 Å². The highest BCUT2D eigenvalue weighted by molar-refractivity contribution is 5.94. The number of nitrogens with one attached hydrogen (secondary N) is 1. The van der Waals surface area contributed by atoms with Crippen molar-refractivity contribution >= 4 is 22.7 Å². The minimum atomic E-state index is -0.354. The van der Waals surface area contributed by atoms with Crippen LogP contribution in [0.25, 0.3) is 10.8 Å². The van der Waals surface area contributed by atoms with E-state index in [1.54, 1.807) is 27.3 Å². The highest BCUT2D eigenvalue weighted by atomic mass is 16.5. The number of anilines is 1. The highest BCUT2D eigenvalue weighted by Crippen LogP contribution is 2.35. The van der Waals surface area contributed by atoms with Gasteiger partial charge in [0.1, 0.15) is 0 Å². The van der Waals surface area contributed by atoms with E-state index >= 15 is 0 Å². The molecular weight excluding hydrogens is 336 g/mol. The maximum absolute atomic E-state index is 11.6. The predicted molar refractivity (Wildman–Crippen MR) is 98.0 cm³/mol. The smallest absolute Gasteiger partial charge is 0.407 e. The molecule has 0 aliphatic carbocycles. The summed E-state index contributed by atoms with van der Waals surface area (Å²) in [7, 11) is 3.23. The minimum Gasteiger partial charge on any atom is -0.493 e. The second-order valence-corrected chi connectivity index (χ2v) is 6.09. The molecule has 2 aromatic rings. The van der Waals surface area contributed by atoms with Crippen LogP contribution in [-0.4, -0.2) is 56.2 Å². The molecule has 8 nitrogen and oxygen atoms in total. The molecule has 1 aliphatic rings. The zero-order valence-electron chi connectivity index (χ0n) is 15.3. The van der Waals surface area contributed by atoms with Gasteiger partial charge in [0.05, 0.1) is 27.0 Å². The van der Waals surface area contributed by atoms with E-state index in [2.05, 4.69) is 20.4 Å². The molecule has 1 fully saturated rings. The van der Waals surface area contributed by atoms with Gasteiger partial charge in [-0.3, -0.25) is 0 Å². The normalized spacial score (nSPS) is 15.0. The van der Waals surface area contributed by atoms with Gasteiger partial charge in [0.25, 0.3) is 0 Å². The third-order valence-corrected chi connectivity index (χ3v) is 4.54. The van der Waals surface area contributed by atoms with Crippen molar-refractivity contribution in [3.05, 3.63) is 18.3 Å². The maximum Gasteiger partial charge on any atom is 0.407 e. The lowest BCUT2D eigenvalue weighted by molar-refractivity contribution is 0.146. The molecule has 0 atom stereocenters. The lowest BCUT2D eigenvalue weighted by Gasteiger charge is -2.33. The van der Waals surface area contributed by atoms with Gasteiger partial charge in [0.2, 0.25) is 0 Å². The Morgan fingerprint density at radius 2 is 1.92 bits per heavy atom. The number of carbonyl (C=O) groups is 1. The second kappa shape index (κ2) is 8.07. The minimum absolute atomic E-state index is 0.114. The Morgan fingerprint density at radius 3 is 2.58 bits per heavy atom. The number of ether oxygens (including phenoxy) is 3. The molecule has 1 saturated heterocycles. The molecule has 3 rings (SSSR count). The third-order valence-electron chi connectivity index (χ3n) is 4.54. The first-order valence-electron chi connectivity index (χ1n) is 8.72. The molecule has 1 N–H and O–H groups in total. The summed E-state index contributed by atoms with van der Waals surface area (Å²) < 4.78 is 15.7. The van der Waals surface area contributed by atoms with Crippen molar-refractivity contribution in [2.75, 3.05) is 38.8 Å². The molecule has 2 heterocycles. The van der Waals surface area contributed by atoms with Crippen LogP contribution in [0.5, 0.6) is 11.5 Å². The van der Waals surface area contributed by atoms with Crippen LogP contribution in [-0.2, 0) is 4.74 Å². The quantitative estimate of drug-likeness (QED) is 0.876. The first kappa shape index (κ1) is 18.0. The summed E-state index contributed by atoms with van der Waals surface area (Å²) in [5.41, 5.74) is 0. The number of alkyl carbamates (subject to hydrolysis) is 1. The zero-order chi connectivity index (χ0) is 18.5. The van der Waals surface area contributed by atoms with Crippen LogP contribution >= 0.6 is 0 Å². The van der Waals surface area contributed by atoms with Gasteiger partial charge in [-0.25, -0.2) is 4.79 Å². The lowest BCUT2D eigenvalue weighted by Crippen LogP contribution is -2.45. The Hall–Kier alpha value is -2.77. The fourth-order valence-electron chi connectivity index (χ4n) is 3.20. The van der Waals surface area contributed by atoms with Crippen molar-refractivity contribution in [3.63, 3.8) is 0 Å². The molecule has 1 aliphatic heterocycles. The van der Waals surface area contributed by atoms with Gasteiger partial charge < -0.3 is 24.4 Å². The van der Waals surface area contributed by atoms with Gasteiger partial charge in [-0.1, -0.05) is 0 Å². The van der Waals surface area contributed by atoms with Crippen LogP contribution in [0.1, 0.15) is 19.8 Å². The van der Waals surface area contributed by atoms with Crippen LogP contribution < -0.4 is 19.7 Å². The number of methoxy groups -OCH3 is 2. The van der Waals surface area contributed by atoms with Crippen molar-refractivity contribution in [1.29, 1.82) is 0 Å². The standard InChI is InChI=1S/C18H24N4O4/c1-4-26-18(23)20-13-5-7-22(8-6-13)17-14-10-16(25-3)15(24-2)9-12(14)11-19-21-17/h9-11,13H,4-8H2,1-3H3,(H,20,23). The van der Waals surface area contributed by atoms with E-state index in [-0.39, 0.29) is 12.1 Å². The number of hydrogen-bond acceptors (Lipinski definition) is 7. The number of rotatable bonds is 5. The van der Waals surface area contributed by atoms with Crippen molar-refractivity contribution in [3.8, 4) is 11.5 Å². The Morgan fingerprint density at radius 1 is 1.23 bits per heavy atom. The topological polar surface area (TPSA) is 85.8 Å². The number of nitrogens with zero attached hydrogens (tertiary/aromatic N) is 3. The number of benzene rings is 1. The molecule has 0 bridgehead atoms.